The van der Waals surface area contributed by atoms with E-state index in [1.54, 1.807) is 34.5 Å². The minimum atomic E-state index is -1.56. The summed E-state index contributed by atoms with van der Waals surface area (Å²) in [4.78, 5) is 1.21. The van der Waals surface area contributed by atoms with Gasteiger partial charge in [0.1, 0.15) is 11.5 Å². The van der Waals surface area contributed by atoms with Gasteiger partial charge in [0.15, 0.2) is 11.5 Å². The summed E-state index contributed by atoms with van der Waals surface area (Å²) in [5.74, 6) is 2.41. The van der Waals surface area contributed by atoms with Crippen molar-refractivity contribution < 1.29 is 23.2 Å². The van der Waals surface area contributed by atoms with Crippen molar-refractivity contribution in [2.75, 3.05) is 28.4 Å². The van der Waals surface area contributed by atoms with Crippen LogP contribution in [0.3, 0.4) is 0 Å². The quantitative estimate of drug-likeness (QED) is 0.284. The van der Waals surface area contributed by atoms with Gasteiger partial charge in [0, 0.05) is 10.9 Å². The van der Waals surface area contributed by atoms with E-state index in [0.29, 0.717) is 32.6 Å². The average molecular weight is 475 g/mol. The molecular formula is C28H26O5S. The van der Waals surface area contributed by atoms with Crippen LogP contribution in [0.4, 0.5) is 0 Å². The highest BCUT2D eigenvalue weighted by molar-refractivity contribution is 7.85. The van der Waals surface area contributed by atoms with Gasteiger partial charge in [0.2, 0.25) is 0 Å². The van der Waals surface area contributed by atoms with Gasteiger partial charge in [-0.05, 0) is 47.4 Å². The topological polar surface area (TPSA) is 54.0 Å². The monoisotopic (exact) mass is 474 g/mol. The van der Waals surface area contributed by atoms with E-state index in [4.69, 9.17) is 18.9 Å². The lowest BCUT2D eigenvalue weighted by molar-refractivity contribution is 0.353. The van der Waals surface area contributed by atoms with Gasteiger partial charge < -0.3 is 18.9 Å². The van der Waals surface area contributed by atoms with E-state index in [0.717, 1.165) is 22.1 Å². The van der Waals surface area contributed by atoms with Crippen molar-refractivity contribution >= 4 is 33.7 Å². The van der Waals surface area contributed by atoms with Crippen molar-refractivity contribution in [2.45, 2.75) is 9.79 Å². The Hall–Kier alpha value is -3.77. The standard InChI is InChI=1S/C28H26O5S/c1-30-21-13-9-19(10-14-21)11-15-23-26(18-17-24(31-2)27(23)33-4)34(29)28-22-8-6-5-7-20(22)12-16-25(28)32-3/h5-18H,1-4H3/b15-11+/t34-/m1/s1. The first-order chi connectivity index (χ1) is 16.6. The Balaban J connectivity index is 1.89. The maximum absolute atomic E-state index is 14.1. The molecule has 0 aliphatic rings. The third kappa shape index (κ3) is 4.50. The summed E-state index contributed by atoms with van der Waals surface area (Å²) in [6, 6.07) is 22.9. The molecule has 0 N–H and O–H groups in total. The predicted molar refractivity (Wildman–Crippen MR) is 137 cm³/mol. The number of benzene rings is 4. The van der Waals surface area contributed by atoms with Crippen LogP contribution in [-0.2, 0) is 10.8 Å². The van der Waals surface area contributed by atoms with Gasteiger partial charge in [0.05, 0.1) is 49.0 Å². The van der Waals surface area contributed by atoms with E-state index in [2.05, 4.69) is 0 Å². The number of ether oxygens (including phenoxy) is 4. The summed E-state index contributed by atoms with van der Waals surface area (Å²) in [5.41, 5.74) is 1.64. The van der Waals surface area contributed by atoms with Crippen LogP contribution in [0.5, 0.6) is 23.0 Å². The molecule has 0 saturated heterocycles. The first-order valence-corrected chi connectivity index (χ1v) is 11.8. The van der Waals surface area contributed by atoms with Crippen molar-refractivity contribution in [2.24, 2.45) is 0 Å². The van der Waals surface area contributed by atoms with E-state index in [1.165, 1.54) is 0 Å². The number of rotatable bonds is 8. The van der Waals surface area contributed by atoms with Gasteiger partial charge in [-0.15, -0.1) is 0 Å². The molecule has 0 aliphatic carbocycles. The van der Waals surface area contributed by atoms with Crippen molar-refractivity contribution in [1.29, 1.82) is 0 Å². The number of hydrogen-bond donors (Lipinski definition) is 0. The predicted octanol–water partition coefficient (Wildman–Crippen LogP) is 6.21. The molecule has 0 radical (unpaired) electrons. The highest BCUT2D eigenvalue weighted by atomic mass is 32.2. The highest BCUT2D eigenvalue weighted by Crippen LogP contribution is 2.40. The normalized spacial score (nSPS) is 12.0. The fraction of sp³-hybridized carbons (Fsp3) is 0.143. The first kappa shape index (κ1) is 23.4. The molecule has 0 bridgehead atoms. The summed E-state index contributed by atoms with van der Waals surface area (Å²) in [5, 5.41) is 1.86. The molecule has 6 heteroatoms. The Morgan fingerprint density at radius 3 is 2.06 bits per heavy atom. The van der Waals surface area contributed by atoms with Gasteiger partial charge in [-0.3, -0.25) is 0 Å². The average Bonchev–Trinajstić information content (AvgIpc) is 2.90. The highest BCUT2D eigenvalue weighted by Gasteiger charge is 2.22. The van der Waals surface area contributed by atoms with Crippen molar-refractivity contribution in [3.05, 3.63) is 83.9 Å². The molecule has 4 aromatic rings. The zero-order valence-corrected chi connectivity index (χ0v) is 20.3. The van der Waals surface area contributed by atoms with Crippen LogP contribution in [0.25, 0.3) is 22.9 Å². The largest absolute Gasteiger partial charge is 0.497 e. The Labute approximate surface area is 202 Å². The minimum Gasteiger partial charge on any atom is -0.497 e. The van der Waals surface area contributed by atoms with Gasteiger partial charge in [0.25, 0.3) is 0 Å². The molecule has 0 aliphatic heterocycles. The van der Waals surface area contributed by atoms with Crippen molar-refractivity contribution in [1.82, 2.24) is 0 Å². The maximum atomic E-state index is 14.1. The molecule has 0 heterocycles. The Morgan fingerprint density at radius 2 is 1.38 bits per heavy atom. The third-order valence-electron chi connectivity index (χ3n) is 5.55. The Bertz CT molecular complexity index is 1360. The van der Waals surface area contributed by atoms with Gasteiger partial charge >= 0.3 is 0 Å². The lowest BCUT2D eigenvalue weighted by atomic mass is 10.1. The molecule has 174 valence electrons. The molecule has 0 aromatic heterocycles. The molecule has 4 rings (SSSR count). The molecule has 5 nitrogen and oxygen atoms in total. The fourth-order valence-corrected chi connectivity index (χ4v) is 5.32. The second-order valence-electron chi connectivity index (χ2n) is 7.41. The molecule has 34 heavy (non-hydrogen) atoms. The number of fused-ring (bicyclic) bond motifs is 1. The lowest BCUT2D eigenvalue weighted by Crippen LogP contribution is -2.03. The lowest BCUT2D eigenvalue weighted by Gasteiger charge is -2.17. The van der Waals surface area contributed by atoms with Gasteiger partial charge in [-0.25, -0.2) is 4.21 Å². The van der Waals surface area contributed by atoms with E-state index >= 15 is 0 Å². The van der Waals surface area contributed by atoms with Crippen LogP contribution in [0.15, 0.2) is 82.6 Å². The molecule has 0 fully saturated rings. The summed E-state index contributed by atoms with van der Waals surface area (Å²) in [7, 11) is 4.82. The second-order valence-corrected chi connectivity index (χ2v) is 8.79. The number of methoxy groups -OCH3 is 4. The van der Waals surface area contributed by atoms with Gasteiger partial charge in [-0.2, -0.15) is 0 Å². The SMILES string of the molecule is COc1ccc(/C=C/c2c([S@@](=O)c3c(OC)ccc4ccccc34)ccc(OC)c2OC)cc1. The second kappa shape index (κ2) is 10.4. The van der Waals surface area contributed by atoms with Crippen molar-refractivity contribution in [3.63, 3.8) is 0 Å². The Kier molecular flexibility index (Phi) is 7.18. The van der Waals surface area contributed by atoms with Crippen LogP contribution >= 0.6 is 0 Å². The summed E-state index contributed by atoms with van der Waals surface area (Å²) >= 11 is 0. The maximum Gasteiger partial charge on any atom is 0.169 e. The van der Waals surface area contributed by atoms with Crippen LogP contribution in [-0.4, -0.2) is 32.6 Å². The van der Waals surface area contributed by atoms with Crippen molar-refractivity contribution in [3.8, 4) is 23.0 Å². The van der Waals surface area contributed by atoms with Crippen LogP contribution in [0, 0.1) is 0 Å². The van der Waals surface area contributed by atoms with Crippen LogP contribution in [0.1, 0.15) is 11.1 Å². The van der Waals surface area contributed by atoms with E-state index in [-0.39, 0.29) is 0 Å². The van der Waals surface area contributed by atoms with E-state index in [1.807, 2.05) is 78.9 Å². The Morgan fingerprint density at radius 1 is 0.676 bits per heavy atom. The molecule has 0 saturated carbocycles. The van der Waals surface area contributed by atoms with E-state index < -0.39 is 10.8 Å². The summed E-state index contributed by atoms with van der Waals surface area (Å²) in [6.07, 6.45) is 3.84. The first-order valence-electron chi connectivity index (χ1n) is 10.7. The van der Waals surface area contributed by atoms with Gasteiger partial charge in [-0.1, -0.05) is 48.5 Å². The molecule has 0 spiro atoms. The molecule has 4 aromatic carbocycles. The summed E-state index contributed by atoms with van der Waals surface area (Å²) in [6.45, 7) is 0. The molecule has 0 unspecified atom stereocenters. The van der Waals surface area contributed by atoms with E-state index in [9.17, 15) is 4.21 Å². The van der Waals surface area contributed by atoms with Crippen LogP contribution < -0.4 is 18.9 Å². The zero-order valence-electron chi connectivity index (χ0n) is 19.5. The molecule has 1 atom stereocenters. The zero-order chi connectivity index (χ0) is 24.1. The van der Waals surface area contributed by atoms with Crippen LogP contribution in [0.2, 0.25) is 0 Å². The molecular weight excluding hydrogens is 448 g/mol. The molecule has 0 amide bonds. The summed E-state index contributed by atoms with van der Waals surface area (Å²) < 4.78 is 36.2. The fourth-order valence-electron chi connectivity index (χ4n) is 3.83. The third-order valence-corrected chi connectivity index (χ3v) is 7.10. The smallest absolute Gasteiger partial charge is 0.169 e. The number of hydrogen-bond acceptors (Lipinski definition) is 5. The minimum absolute atomic E-state index is 0.511.